The highest BCUT2D eigenvalue weighted by Gasteiger charge is 2.36. The van der Waals surface area contributed by atoms with Gasteiger partial charge in [0.05, 0.1) is 0 Å². The average Bonchev–Trinajstić information content (AvgIpc) is 2.15. The molecule has 0 aromatic heterocycles. The molecule has 0 aliphatic heterocycles. The van der Waals surface area contributed by atoms with Gasteiger partial charge in [-0.2, -0.15) is 0 Å². The van der Waals surface area contributed by atoms with Crippen molar-refractivity contribution >= 4 is 5.97 Å². The largest absolute Gasteiger partial charge is 0.462 e. The molecule has 1 aliphatic rings. The lowest BCUT2D eigenvalue weighted by Crippen LogP contribution is -2.35. The topological polar surface area (TPSA) is 26.3 Å². The summed E-state index contributed by atoms with van der Waals surface area (Å²) in [5.41, 5.74) is 0.348. The first kappa shape index (κ1) is 14.5. The smallest absolute Gasteiger partial charge is 0.306 e. The van der Waals surface area contributed by atoms with Crippen LogP contribution in [0.3, 0.4) is 0 Å². The molecule has 0 saturated heterocycles. The molecule has 17 heavy (non-hydrogen) atoms. The van der Waals surface area contributed by atoms with Crippen molar-refractivity contribution in [3.8, 4) is 0 Å². The Balaban J connectivity index is 2.47. The summed E-state index contributed by atoms with van der Waals surface area (Å²) in [5, 5.41) is 0. The molecule has 0 radical (unpaired) electrons. The van der Waals surface area contributed by atoms with Crippen molar-refractivity contribution in [3.63, 3.8) is 0 Å². The Morgan fingerprint density at radius 3 is 2.53 bits per heavy atom. The Morgan fingerprint density at radius 1 is 1.35 bits per heavy atom. The van der Waals surface area contributed by atoms with Crippen molar-refractivity contribution in [1.29, 1.82) is 0 Å². The maximum absolute atomic E-state index is 11.7. The highest BCUT2D eigenvalue weighted by molar-refractivity contribution is 5.69. The summed E-state index contributed by atoms with van der Waals surface area (Å²) in [4.78, 5) is 11.7. The van der Waals surface area contributed by atoms with Crippen LogP contribution in [0.25, 0.3) is 0 Å². The molecule has 2 heteroatoms. The SMILES string of the molecule is CC(C)CC(=O)OC1CCCC(C)(C(C)C)C1. The fourth-order valence-electron chi connectivity index (χ4n) is 2.65. The standard InChI is InChI=1S/C15H28O2/c1-11(2)9-14(16)17-13-7-6-8-15(5,10-13)12(3)4/h11-13H,6-10H2,1-5H3. The third kappa shape index (κ3) is 4.33. The quantitative estimate of drug-likeness (QED) is 0.689. The zero-order chi connectivity index (χ0) is 13.1. The lowest BCUT2D eigenvalue weighted by molar-refractivity contribution is -0.154. The lowest BCUT2D eigenvalue weighted by Gasteiger charge is -2.41. The minimum absolute atomic E-state index is 0.0157. The van der Waals surface area contributed by atoms with E-state index in [2.05, 4.69) is 34.6 Å². The number of hydrogen-bond acceptors (Lipinski definition) is 2. The van der Waals surface area contributed by atoms with Crippen LogP contribution in [0, 0.1) is 17.3 Å². The molecule has 0 heterocycles. The first-order chi connectivity index (χ1) is 7.83. The number of hydrogen-bond donors (Lipinski definition) is 0. The summed E-state index contributed by atoms with van der Waals surface area (Å²) in [5.74, 6) is 1.04. The predicted molar refractivity (Wildman–Crippen MR) is 70.7 cm³/mol. The number of carbonyl (C=O) groups is 1. The summed E-state index contributed by atoms with van der Waals surface area (Å²) in [6, 6.07) is 0. The lowest BCUT2D eigenvalue weighted by atomic mass is 9.67. The van der Waals surface area contributed by atoms with Crippen LogP contribution < -0.4 is 0 Å². The van der Waals surface area contributed by atoms with E-state index in [1.807, 2.05) is 0 Å². The molecule has 100 valence electrons. The zero-order valence-corrected chi connectivity index (χ0v) is 12.1. The molecule has 1 aliphatic carbocycles. The molecule has 0 amide bonds. The minimum atomic E-state index is -0.0157. The Hall–Kier alpha value is -0.530. The Bertz CT molecular complexity index is 258. The van der Waals surface area contributed by atoms with Crippen molar-refractivity contribution in [2.45, 2.75) is 72.8 Å². The first-order valence-corrected chi connectivity index (χ1v) is 7.03. The van der Waals surface area contributed by atoms with Gasteiger partial charge in [0.1, 0.15) is 6.10 Å². The van der Waals surface area contributed by atoms with Crippen LogP contribution in [-0.4, -0.2) is 12.1 Å². The van der Waals surface area contributed by atoms with Crippen molar-refractivity contribution in [2.75, 3.05) is 0 Å². The summed E-state index contributed by atoms with van der Waals surface area (Å²) >= 11 is 0. The second kappa shape index (κ2) is 5.88. The second-order valence-electron chi connectivity index (χ2n) is 6.61. The van der Waals surface area contributed by atoms with Gasteiger partial charge in [-0.3, -0.25) is 4.79 Å². The predicted octanol–water partition coefficient (Wildman–Crippen LogP) is 4.18. The molecule has 2 unspecified atom stereocenters. The van der Waals surface area contributed by atoms with Crippen molar-refractivity contribution in [3.05, 3.63) is 0 Å². The highest BCUT2D eigenvalue weighted by atomic mass is 16.5. The number of rotatable bonds is 4. The average molecular weight is 240 g/mol. The van der Waals surface area contributed by atoms with E-state index in [4.69, 9.17) is 4.74 Å². The molecular weight excluding hydrogens is 212 g/mol. The zero-order valence-electron chi connectivity index (χ0n) is 12.1. The highest BCUT2D eigenvalue weighted by Crippen LogP contribution is 2.42. The van der Waals surface area contributed by atoms with Crippen molar-refractivity contribution < 1.29 is 9.53 Å². The van der Waals surface area contributed by atoms with Crippen LogP contribution >= 0.6 is 0 Å². The van der Waals surface area contributed by atoms with Crippen molar-refractivity contribution in [2.24, 2.45) is 17.3 Å². The van der Waals surface area contributed by atoms with E-state index in [0.29, 0.717) is 23.7 Å². The molecule has 2 atom stereocenters. The van der Waals surface area contributed by atoms with E-state index in [1.54, 1.807) is 0 Å². The number of ether oxygens (including phenoxy) is 1. The van der Waals surface area contributed by atoms with Gasteiger partial charge in [0.15, 0.2) is 0 Å². The van der Waals surface area contributed by atoms with Gasteiger partial charge in [-0.15, -0.1) is 0 Å². The first-order valence-electron chi connectivity index (χ1n) is 7.03. The van der Waals surface area contributed by atoms with Gasteiger partial charge >= 0.3 is 5.97 Å². The fraction of sp³-hybridized carbons (Fsp3) is 0.933. The van der Waals surface area contributed by atoms with E-state index < -0.39 is 0 Å². The maximum atomic E-state index is 11.7. The Labute approximate surface area is 106 Å². The van der Waals surface area contributed by atoms with Crippen LogP contribution in [0.2, 0.25) is 0 Å². The van der Waals surface area contributed by atoms with E-state index in [1.165, 1.54) is 12.8 Å². The van der Waals surface area contributed by atoms with E-state index in [0.717, 1.165) is 12.8 Å². The third-order valence-corrected chi connectivity index (χ3v) is 4.23. The fourth-order valence-corrected chi connectivity index (χ4v) is 2.65. The summed E-state index contributed by atoms with van der Waals surface area (Å²) in [6.45, 7) is 11.0. The summed E-state index contributed by atoms with van der Waals surface area (Å²) in [7, 11) is 0. The van der Waals surface area contributed by atoms with Crippen molar-refractivity contribution in [1.82, 2.24) is 0 Å². The number of esters is 1. The Kier molecular flexibility index (Phi) is 5.03. The van der Waals surface area contributed by atoms with Gasteiger partial charge < -0.3 is 4.74 Å². The molecule has 1 rings (SSSR count). The summed E-state index contributed by atoms with van der Waals surface area (Å²) in [6.07, 6.45) is 5.25. The third-order valence-electron chi connectivity index (χ3n) is 4.23. The molecule has 0 aromatic rings. The van der Waals surface area contributed by atoms with Crippen LogP contribution in [0.1, 0.15) is 66.7 Å². The molecule has 0 bridgehead atoms. The molecule has 1 fully saturated rings. The van der Waals surface area contributed by atoms with Crippen LogP contribution in [0.5, 0.6) is 0 Å². The molecular formula is C15H28O2. The van der Waals surface area contributed by atoms with Gasteiger partial charge in [-0.1, -0.05) is 34.6 Å². The minimum Gasteiger partial charge on any atom is -0.462 e. The van der Waals surface area contributed by atoms with E-state index >= 15 is 0 Å². The molecule has 2 nitrogen and oxygen atoms in total. The van der Waals surface area contributed by atoms with Gasteiger partial charge in [0.25, 0.3) is 0 Å². The number of carbonyl (C=O) groups excluding carboxylic acids is 1. The van der Waals surface area contributed by atoms with Gasteiger partial charge in [0, 0.05) is 6.42 Å². The van der Waals surface area contributed by atoms with E-state index in [9.17, 15) is 4.79 Å². The van der Waals surface area contributed by atoms with Crippen LogP contribution in [0.15, 0.2) is 0 Å². The Morgan fingerprint density at radius 2 is 2.00 bits per heavy atom. The maximum Gasteiger partial charge on any atom is 0.306 e. The molecule has 0 spiro atoms. The van der Waals surface area contributed by atoms with Crippen LogP contribution in [-0.2, 0) is 9.53 Å². The normalized spacial score (nSPS) is 29.7. The molecule has 0 aromatic carbocycles. The molecule has 1 saturated carbocycles. The van der Waals surface area contributed by atoms with Gasteiger partial charge in [-0.05, 0) is 42.9 Å². The second-order valence-corrected chi connectivity index (χ2v) is 6.61. The van der Waals surface area contributed by atoms with E-state index in [-0.39, 0.29) is 12.1 Å². The van der Waals surface area contributed by atoms with Gasteiger partial charge in [-0.25, -0.2) is 0 Å². The van der Waals surface area contributed by atoms with Gasteiger partial charge in [0.2, 0.25) is 0 Å². The van der Waals surface area contributed by atoms with Crippen LogP contribution in [0.4, 0.5) is 0 Å². The summed E-state index contributed by atoms with van der Waals surface area (Å²) < 4.78 is 5.61. The molecule has 0 N–H and O–H groups in total. The monoisotopic (exact) mass is 240 g/mol.